The summed E-state index contributed by atoms with van der Waals surface area (Å²) in [5.74, 6) is 1.54. The second kappa shape index (κ2) is 9.73. The van der Waals surface area contributed by atoms with Crippen LogP contribution in [0.2, 0.25) is 0 Å². The lowest BCUT2D eigenvalue weighted by Gasteiger charge is -2.17. The number of amides is 2. The number of carbonyl (C=O) groups is 1. The van der Waals surface area contributed by atoms with Crippen LogP contribution in [0.5, 0.6) is 17.2 Å². The standard InChI is InChI=1S/C15H24N2O5/c1-4-20-12-9-11(17-15(19)16-7-8-18)10-13(21-5-2)14(12)22-6-3/h9-10,18H,4-8H2,1-3H3,(H2,16,17,19). The van der Waals surface area contributed by atoms with Gasteiger partial charge in [0.25, 0.3) is 0 Å². The van der Waals surface area contributed by atoms with Crippen molar-refractivity contribution in [1.29, 1.82) is 0 Å². The third-order valence-electron chi connectivity index (χ3n) is 2.56. The van der Waals surface area contributed by atoms with Gasteiger partial charge in [-0.05, 0) is 20.8 Å². The number of aliphatic hydroxyl groups excluding tert-OH is 1. The molecule has 1 aromatic rings. The average molecular weight is 312 g/mol. The van der Waals surface area contributed by atoms with Crippen molar-refractivity contribution in [2.24, 2.45) is 0 Å². The van der Waals surface area contributed by atoms with Crippen molar-refractivity contribution in [3.63, 3.8) is 0 Å². The maximum absolute atomic E-state index is 11.7. The van der Waals surface area contributed by atoms with E-state index in [1.54, 1.807) is 12.1 Å². The Labute approximate surface area is 130 Å². The molecule has 0 fully saturated rings. The molecule has 7 heteroatoms. The van der Waals surface area contributed by atoms with Crippen LogP contribution in [0.3, 0.4) is 0 Å². The molecule has 22 heavy (non-hydrogen) atoms. The Morgan fingerprint density at radius 2 is 1.59 bits per heavy atom. The average Bonchev–Trinajstić information content (AvgIpc) is 2.49. The molecule has 0 radical (unpaired) electrons. The van der Waals surface area contributed by atoms with Gasteiger partial charge in [0, 0.05) is 18.7 Å². The number of hydrogen-bond acceptors (Lipinski definition) is 5. The van der Waals surface area contributed by atoms with E-state index >= 15 is 0 Å². The Kier molecular flexibility index (Phi) is 7.91. The van der Waals surface area contributed by atoms with Gasteiger partial charge >= 0.3 is 6.03 Å². The van der Waals surface area contributed by atoms with Crippen molar-refractivity contribution >= 4 is 11.7 Å². The van der Waals surface area contributed by atoms with Crippen molar-refractivity contribution < 1.29 is 24.1 Å². The van der Waals surface area contributed by atoms with E-state index in [9.17, 15) is 4.79 Å². The van der Waals surface area contributed by atoms with Crippen LogP contribution < -0.4 is 24.8 Å². The summed E-state index contributed by atoms with van der Waals surface area (Å²) in [7, 11) is 0. The number of aliphatic hydroxyl groups is 1. The highest BCUT2D eigenvalue weighted by atomic mass is 16.5. The van der Waals surface area contributed by atoms with E-state index in [1.807, 2.05) is 20.8 Å². The van der Waals surface area contributed by atoms with Crippen molar-refractivity contribution in [1.82, 2.24) is 5.32 Å². The smallest absolute Gasteiger partial charge is 0.319 e. The Hall–Kier alpha value is -2.15. The van der Waals surface area contributed by atoms with Crippen LogP contribution in [0.1, 0.15) is 20.8 Å². The second-order valence-electron chi connectivity index (χ2n) is 4.21. The first-order valence-corrected chi connectivity index (χ1v) is 7.38. The van der Waals surface area contributed by atoms with Crippen LogP contribution in [0, 0.1) is 0 Å². The number of ether oxygens (including phenoxy) is 3. The first kappa shape index (κ1) is 17.9. The Morgan fingerprint density at radius 1 is 1.05 bits per heavy atom. The first-order chi connectivity index (χ1) is 10.7. The minimum absolute atomic E-state index is 0.120. The van der Waals surface area contributed by atoms with Crippen molar-refractivity contribution in [3.8, 4) is 17.2 Å². The summed E-state index contributed by atoms with van der Waals surface area (Å²) < 4.78 is 16.7. The van der Waals surface area contributed by atoms with Crippen LogP contribution in [0.15, 0.2) is 12.1 Å². The summed E-state index contributed by atoms with van der Waals surface area (Å²) in [6, 6.07) is 2.94. The molecule has 1 aromatic carbocycles. The van der Waals surface area contributed by atoms with Gasteiger partial charge < -0.3 is 30.0 Å². The normalized spacial score (nSPS) is 10.0. The minimum atomic E-state index is -0.414. The van der Waals surface area contributed by atoms with Crippen LogP contribution >= 0.6 is 0 Å². The van der Waals surface area contributed by atoms with Crippen LogP contribution in [-0.4, -0.2) is 44.1 Å². The molecular formula is C15H24N2O5. The van der Waals surface area contributed by atoms with Crippen LogP contribution in [-0.2, 0) is 0 Å². The van der Waals surface area contributed by atoms with Crippen molar-refractivity contribution in [3.05, 3.63) is 12.1 Å². The van der Waals surface area contributed by atoms with Crippen LogP contribution in [0.4, 0.5) is 10.5 Å². The third-order valence-corrected chi connectivity index (χ3v) is 2.56. The summed E-state index contributed by atoms with van der Waals surface area (Å²) in [6.45, 7) is 7.07. The van der Waals surface area contributed by atoms with Gasteiger partial charge in [0.1, 0.15) is 0 Å². The number of rotatable bonds is 9. The molecule has 1 rings (SSSR count). The van der Waals surface area contributed by atoms with Gasteiger partial charge in [-0.2, -0.15) is 0 Å². The summed E-state index contributed by atoms with van der Waals surface area (Å²) >= 11 is 0. The molecule has 0 bridgehead atoms. The number of benzene rings is 1. The van der Waals surface area contributed by atoms with Gasteiger partial charge in [-0.25, -0.2) is 4.79 Å². The zero-order chi connectivity index (χ0) is 16.4. The molecule has 0 atom stereocenters. The van der Waals surface area contributed by atoms with Gasteiger partial charge in [-0.15, -0.1) is 0 Å². The zero-order valence-electron chi connectivity index (χ0n) is 13.3. The molecular weight excluding hydrogens is 288 g/mol. The largest absolute Gasteiger partial charge is 0.490 e. The van der Waals surface area contributed by atoms with E-state index in [1.165, 1.54) is 0 Å². The molecule has 0 aromatic heterocycles. The van der Waals surface area contributed by atoms with E-state index in [-0.39, 0.29) is 13.2 Å². The Bertz CT molecular complexity index is 452. The van der Waals surface area contributed by atoms with E-state index in [0.29, 0.717) is 42.8 Å². The molecule has 0 heterocycles. The molecule has 0 aliphatic heterocycles. The van der Waals surface area contributed by atoms with Gasteiger partial charge in [0.05, 0.1) is 32.1 Å². The number of carbonyl (C=O) groups excluding carboxylic acids is 1. The molecule has 0 saturated carbocycles. The number of urea groups is 1. The highest BCUT2D eigenvalue weighted by Gasteiger charge is 2.16. The molecule has 124 valence electrons. The topological polar surface area (TPSA) is 89.1 Å². The quantitative estimate of drug-likeness (QED) is 0.649. The lowest BCUT2D eigenvalue weighted by atomic mass is 10.2. The SMILES string of the molecule is CCOc1cc(NC(=O)NCCO)cc(OCC)c1OCC. The number of nitrogens with one attached hydrogen (secondary N) is 2. The lowest BCUT2D eigenvalue weighted by molar-refractivity contribution is 0.244. The predicted molar refractivity (Wildman–Crippen MR) is 84.1 cm³/mol. The fraction of sp³-hybridized carbons (Fsp3) is 0.533. The number of hydrogen-bond donors (Lipinski definition) is 3. The molecule has 0 unspecified atom stereocenters. The summed E-state index contributed by atoms with van der Waals surface area (Å²) in [5.41, 5.74) is 0.519. The lowest BCUT2D eigenvalue weighted by Crippen LogP contribution is -2.31. The molecule has 7 nitrogen and oxygen atoms in total. The van der Waals surface area contributed by atoms with Gasteiger partial charge in [-0.3, -0.25) is 0 Å². The fourth-order valence-electron chi connectivity index (χ4n) is 1.81. The highest BCUT2D eigenvalue weighted by molar-refractivity contribution is 5.90. The summed E-state index contributed by atoms with van der Waals surface area (Å²) in [6.07, 6.45) is 0. The Balaban J connectivity index is 3.04. The molecule has 3 N–H and O–H groups in total. The predicted octanol–water partition coefficient (Wildman–Crippen LogP) is 2.00. The molecule has 0 aliphatic rings. The summed E-state index contributed by atoms with van der Waals surface area (Å²) in [4.78, 5) is 11.7. The van der Waals surface area contributed by atoms with E-state index in [0.717, 1.165) is 0 Å². The maximum atomic E-state index is 11.7. The van der Waals surface area contributed by atoms with Gasteiger partial charge in [0.2, 0.25) is 5.75 Å². The van der Waals surface area contributed by atoms with Crippen LogP contribution in [0.25, 0.3) is 0 Å². The maximum Gasteiger partial charge on any atom is 0.319 e. The molecule has 0 saturated heterocycles. The van der Waals surface area contributed by atoms with E-state index in [2.05, 4.69) is 10.6 Å². The van der Waals surface area contributed by atoms with E-state index < -0.39 is 6.03 Å². The molecule has 2 amide bonds. The zero-order valence-corrected chi connectivity index (χ0v) is 13.3. The van der Waals surface area contributed by atoms with Gasteiger partial charge in [0.15, 0.2) is 11.5 Å². The summed E-state index contributed by atoms with van der Waals surface area (Å²) in [5, 5.41) is 13.9. The monoisotopic (exact) mass is 312 g/mol. The molecule has 0 spiro atoms. The molecule has 0 aliphatic carbocycles. The fourth-order valence-corrected chi connectivity index (χ4v) is 1.81. The van der Waals surface area contributed by atoms with E-state index in [4.69, 9.17) is 19.3 Å². The number of anilines is 1. The first-order valence-electron chi connectivity index (χ1n) is 7.38. The highest BCUT2D eigenvalue weighted by Crippen LogP contribution is 2.40. The minimum Gasteiger partial charge on any atom is -0.490 e. The van der Waals surface area contributed by atoms with Crippen molar-refractivity contribution in [2.45, 2.75) is 20.8 Å². The van der Waals surface area contributed by atoms with Crippen molar-refractivity contribution in [2.75, 3.05) is 38.3 Å². The Morgan fingerprint density at radius 3 is 2.05 bits per heavy atom. The van der Waals surface area contributed by atoms with Gasteiger partial charge in [-0.1, -0.05) is 0 Å². The third kappa shape index (κ3) is 5.33. The second-order valence-corrected chi connectivity index (χ2v) is 4.21.